The van der Waals surface area contributed by atoms with Crippen LogP contribution in [0.2, 0.25) is 0 Å². The van der Waals surface area contributed by atoms with Gasteiger partial charge in [-0.1, -0.05) is 23.3 Å². The van der Waals surface area contributed by atoms with Crippen LogP contribution < -0.4 is 0 Å². The monoisotopic (exact) mass is 260 g/mol. The molecule has 0 aliphatic rings. The Morgan fingerprint density at radius 1 is 0.800 bits per heavy atom. The van der Waals surface area contributed by atoms with Gasteiger partial charge in [-0.05, 0) is 44.2 Å². The van der Waals surface area contributed by atoms with E-state index >= 15 is 0 Å². The number of aromatic nitrogens is 2. The minimum atomic E-state index is 1.17. The van der Waals surface area contributed by atoms with Gasteiger partial charge in [-0.2, -0.15) is 0 Å². The highest BCUT2D eigenvalue weighted by Crippen LogP contribution is 2.31. The number of aromatic amines is 2. The molecule has 2 heterocycles. The Balaban J connectivity index is 1.98. The maximum absolute atomic E-state index is 3.52. The van der Waals surface area contributed by atoms with E-state index in [4.69, 9.17) is 0 Å². The number of aryl methyl sites for hydroxylation is 2. The quantitative estimate of drug-likeness (QED) is 0.486. The number of nitrogens with one attached hydrogen (secondary N) is 2. The summed E-state index contributed by atoms with van der Waals surface area (Å²) in [5.74, 6) is 0. The Kier molecular flexibility index (Phi) is 2.27. The second kappa shape index (κ2) is 4.01. The summed E-state index contributed by atoms with van der Waals surface area (Å²) < 4.78 is 0. The molecule has 0 aliphatic heterocycles. The van der Waals surface area contributed by atoms with Gasteiger partial charge in [0, 0.05) is 39.3 Å². The van der Waals surface area contributed by atoms with Crippen molar-refractivity contribution in [2.45, 2.75) is 13.8 Å². The maximum Gasteiger partial charge on any atom is 0.0486 e. The molecule has 0 radical (unpaired) electrons. The van der Waals surface area contributed by atoms with Gasteiger partial charge in [0.25, 0.3) is 0 Å². The summed E-state index contributed by atoms with van der Waals surface area (Å²) in [7, 11) is 0. The standard InChI is InChI=1S/C18H16N2/c1-11-3-5-16-13(7-11)9-18(20-16)15-10-19-17-6-4-12(2)8-14(15)17/h3-10,19-20H,1-2H3. The summed E-state index contributed by atoms with van der Waals surface area (Å²) >= 11 is 0. The van der Waals surface area contributed by atoms with Gasteiger partial charge < -0.3 is 9.97 Å². The number of H-pyrrole nitrogens is 2. The van der Waals surface area contributed by atoms with Crippen molar-refractivity contribution >= 4 is 21.8 Å². The van der Waals surface area contributed by atoms with Crippen LogP contribution >= 0.6 is 0 Å². The molecule has 0 saturated carbocycles. The lowest BCUT2D eigenvalue weighted by Crippen LogP contribution is -1.76. The molecule has 0 saturated heterocycles. The van der Waals surface area contributed by atoms with E-state index in [1.165, 1.54) is 44.2 Å². The highest BCUT2D eigenvalue weighted by Gasteiger charge is 2.09. The van der Waals surface area contributed by atoms with Crippen molar-refractivity contribution in [3.05, 3.63) is 59.8 Å². The van der Waals surface area contributed by atoms with Crippen LogP contribution in [0.1, 0.15) is 11.1 Å². The first-order valence-corrected chi connectivity index (χ1v) is 6.88. The summed E-state index contributed by atoms with van der Waals surface area (Å²) in [4.78, 5) is 6.87. The Hall–Kier alpha value is -2.48. The van der Waals surface area contributed by atoms with Gasteiger partial charge in [-0.3, -0.25) is 0 Å². The smallest absolute Gasteiger partial charge is 0.0486 e. The van der Waals surface area contributed by atoms with Crippen LogP contribution in [0.15, 0.2) is 48.7 Å². The van der Waals surface area contributed by atoms with Gasteiger partial charge in [0.15, 0.2) is 0 Å². The zero-order chi connectivity index (χ0) is 13.7. The van der Waals surface area contributed by atoms with E-state index in [1.807, 2.05) is 0 Å². The summed E-state index contributed by atoms with van der Waals surface area (Å²) in [5.41, 5.74) is 7.34. The van der Waals surface area contributed by atoms with Gasteiger partial charge in [0.2, 0.25) is 0 Å². The van der Waals surface area contributed by atoms with Crippen molar-refractivity contribution in [2.24, 2.45) is 0 Å². The van der Waals surface area contributed by atoms with Crippen LogP contribution in [0.25, 0.3) is 33.1 Å². The third kappa shape index (κ3) is 1.65. The predicted molar refractivity (Wildman–Crippen MR) is 85.1 cm³/mol. The molecule has 2 aromatic carbocycles. The van der Waals surface area contributed by atoms with Crippen LogP contribution in [-0.2, 0) is 0 Å². The summed E-state index contributed by atoms with van der Waals surface area (Å²) in [6, 6.07) is 15.2. The molecule has 2 heteroatoms. The molecule has 0 bridgehead atoms. The molecule has 0 atom stereocenters. The van der Waals surface area contributed by atoms with Crippen molar-refractivity contribution in [3.8, 4) is 11.3 Å². The number of benzene rings is 2. The zero-order valence-electron chi connectivity index (χ0n) is 11.6. The van der Waals surface area contributed by atoms with Gasteiger partial charge >= 0.3 is 0 Å². The molecular formula is C18H16N2. The largest absolute Gasteiger partial charge is 0.360 e. The molecule has 0 unspecified atom stereocenters. The summed E-state index contributed by atoms with van der Waals surface area (Å²) in [5, 5.41) is 2.54. The van der Waals surface area contributed by atoms with Crippen LogP contribution in [0.4, 0.5) is 0 Å². The fourth-order valence-corrected chi connectivity index (χ4v) is 2.85. The fourth-order valence-electron chi connectivity index (χ4n) is 2.85. The van der Waals surface area contributed by atoms with Crippen LogP contribution in [0.5, 0.6) is 0 Å². The molecule has 20 heavy (non-hydrogen) atoms. The SMILES string of the molecule is Cc1ccc2[nH]c(-c3c[nH]c4ccc(C)cc34)cc2c1. The van der Waals surface area contributed by atoms with Gasteiger partial charge in [0.05, 0.1) is 0 Å². The minimum Gasteiger partial charge on any atom is -0.360 e. The van der Waals surface area contributed by atoms with Crippen LogP contribution in [0.3, 0.4) is 0 Å². The molecule has 4 rings (SSSR count). The van der Waals surface area contributed by atoms with Crippen molar-refractivity contribution in [3.63, 3.8) is 0 Å². The lowest BCUT2D eigenvalue weighted by molar-refractivity contribution is 1.43. The Bertz CT molecular complexity index is 925. The number of hydrogen-bond donors (Lipinski definition) is 2. The summed E-state index contributed by atoms with van der Waals surface area (Å²) in [6.07, 6.45) is 2.08. The second-order valence-electron chi connectivity index (χ2n) is 5.53. The van der Waals surface area contributed by atoms with Crippen LogP contribution in [-0.4, -0.2) is 9.97 Å². The van der Waals surface area contributed by atoms with E-state index in [1.54, 1.807) is 0 Å². The molecule has 2 N–H and O–H groups in total. The third-order valence-corrected chi connectivity index (χ3v) is 3.90. The first kappa shape index (κ1) is 11.4. The first-order chi connectivity index (χ1) is 9.70. The fraction of sp³-hybridized carbons (Fsp3) is 0.111. The minimum absolute atomic E-state index is 1.17. The topological polar surface area (TPSA) is 31.6 Å². The molecule has 0 aliphatic carbocycles. The van der Waals surface area contributed by atoms with E-state index in [0.717, 1.165) is 0 Å². The Labute approximate surface area is 117 Å². The van der Waals surface area contributed by atoms with Gasteiger partial charge in [-0.15, -0.1) is 0 Å². The summed E-state index contributed by atoms with van der Waals surface area (Å²) in [6.45, 7) is 4.26. The van der Waals surface area contributed by atoms with Crippen molar-refractivity contribution < 1.29 is 0 Å². The van der Waals surface area contributed by atoms with Gasteiger partial charge in [0.1, 0.15) is 0 Å². The average molecular weight is 260 g/mol. The van der Waals surface area contributed by atoms with Crippen LogP contribution in [0, 0.1) is 13.8 Å². The van der Waals surface area contributed by atoms with Crippen molar-refractivity contribution in [2.75, 3.05) is 0 Å². The van der Waals surface area contributed by atoms with Gasteiger partial charge in [-0.25, -0.2) is 0 Å². The predicted octanol–water partition coefficient (Wildman–Crippen LogP) is 4.93. The normalized spacial score (nSPS) is 11.5. The van der Waals surface area contributed by atoms with E-state index in [2.05, 4.69) is 72.5 Å². The molecule has 4 aromatic rings. The zero-order valence-corrected chi connectivity index (χ0v) is 11.6. The molecular weight excluding hydrogens is 244 g/mol. The van der Waals surface area contributed by atoms with E-state index < -0.39 is 0 Å². The molecule has 98 valence electrons. The van der Waals surface area contributed by atoms with E-state index in [0.29, 0.717) is 0 Å². The highest BCUT2D eigenvalue weighted by atomic mass is 14.7. The average Bonchev–Trinajstić information content (AvgIpc) is 3.00. The number of fused-ring (bicyclic) bond motifs is 2. The highest BCUT2D eigenvalue weighted by molar-refractivity contribution is 5.98. The lowest BCUT2D eigenvalue weighted by atomic mass is 10.1. The maximum atomic E-state index is 3.52. The van der Waals surface area contributed by atoms with Crippen molar-refractivity contribution in [1.29, 1.82) is 0 Å². The number of rotatable bonds is 1. The third-order valence-electron chi connectivity index (χ3n) is 3.90. The lowest BCUT2D eigenvalue weighted by Gasteiger charge is -1.97. The van der Waals surface area contributed by atoms with E-state index in [-0.39, 0.29) is 0 Å². The first-order valence-electron chi connectivity index (χ1n) is 6.88. The molecule has 2 aromatic heterocycles. The Morgan fingerprint density at radius 3 is 2.40 bits per heavy atom. The Morgan fingerprint density at radius 2 is 1.55 bits per heavy atom. The molecule has 2 nitrogen and oxygen atoms in total. The van der Waals surface area contributed by atoms with E-state index in [9.17, 15) is 0 Å². The number of hydrogen-bond acceptors (Lipinski definition) is 0. The molecule has 0 spiro atoms. The second-order valence-corrected chi connectivity index (χ2v) is 5.53. The van der Waals surface area contributed by atoms with Crippen molar-refractivity contribution in [1.82, 2.24) is 9.97 Å². The molecule has 0 fully saturated rings. The molecule has 0 amide bonds.